The van der Waals surface area contributed by atoms with Gasteiger partial charge in [0.1, 0.15) is 0 Å². The summed E-state index contributed by atoms with van der Waals surface area (Å²) in [5.41, 5.74) is 1.14. The summed E-state index contributed by atoms with van der Waals surface area (Å²) >= 11 is 0. The van der Waals surface area contributed by atoms with Gasteiger partial charge in [0, 0.05) is 36.8 Å². The lowest BCUT2D eigenvalue weighted by Gasteiger charge is -2.38. The van der Waals surface area contributed by atoms with Gasteiger partial charge in [-0.2, -0.15) is 5.10 Å². The molecule has 132 valence electrons. The molecule has 1 aliphatic heterocycles. The van der Waals surface area contributed by atoms with E-state index in [2.05, 4.69) is 28.9 Å². The first-order chi connectivity index (χ1) is 11.7. The smallest absolute Gasteiger partial charge is 0.220 e. The SMILES string of the molecule is CCn1cc([C@@H]2NC(=O)CC[C@H]2N[C@H]2CCC[C@@H](C3CC3)C2)cn1. The van der Waals surface area contributed by atoms with Crippen molar-refractivity contribution in [3.05, 3.63) is 18.0 Å². The van der Waals surface area contributed by atoms with Gasteiger partial charge >= 0.3 is 0 Å². The maximum Gasteiger partial charge on any atom is 0.220 e. The highest BCUT2D eigenvalue weighted by Crippen LogP contribution is 2.44. The zero-order chi connectivity index (χ0) is 16.5. The van der Waals surface area contributed by atoms with Gasteiger partial charge in [0.2, 0.25) is 5.91 Å². The number of rotatable bonds is 5. The third-order valence-corrected chi connectivity index (χ3v) is 6.19. The number of amides is 1. The highest BCUT2D eigenvalue weighted by atomic mass is 16.1. The molecule has 4 atom stereocenters. The molecule has 24 heavy (non-hydrogen) atoms. The van der Waals surface area contributed by atoms with E-state index in [1.54, 1.807) is 0 Å². The van der Waals surface area contributed by atoms with E-state index in [4.69, 9.17) is 0 Å². The van der Waals surface area contributed by atoms with Crippen molar-refractivity contribution in [2.24, 2.45) is 11.8 Å². The van der Waals surface area contributed by atoms with Crippen LogP contribution in [-0.2, 0) is 11.3 Å². The largest absolute Gasteiger partial charge is 0.348 e. The van der Waals surface area contributed by atoms with Gasteiger partial charge in [-0.25, -0.2) is 0 Å². The minimum atomic E-state index is 0.0628. The maximum atomic E-state index is 11.9. The van der Waals surface area contributed by atoms with Crippen molar-refractivity contribution in [1.29, 1.82) is 0 Å². The van der Waals surface area contributed by atoms with Crippen LogP contribution < -0.4 is 10.6 Å². The van der Waals surface area contributed by atoms with E-state index < -0.39 is 0 Å². The number of aryl methyl sites for hydroxylation is 1. The topological polar surface area (TPSA) is 59.0 Å². The minimum absolute atomic E-state index is 0.0628. The molecule has 2 heterocycles. The van der Waals surface area contributed by atoms with Crippen molar-refractivity contribution in [2.45, 2.75) is 83.0 Å². The number of aromatic nitrogens is 2. The van der Waals surface area contributed by atoms with Crippen LogP contribution in [0, 0.1) is 11.8 Å². The van der Waals surface area contributed by atoms with E-state index in [1.807, 2.05) is 10.9 Å². The molecule has 1 aromatic heterocycles. The van der Waals surface area contributed by atoms with Gasteiger partial charge in [-0.05, 0) is 50.9 Å². The molecule has 0 aromatic carbocycles. The van der Waals surface area contributed by atoms with Crippen molar-refractivity contribution >= 4 is 5.91 Å². The molecular weight excluding hydrogens is 300 g/mol. The Balaban J connectivity index is 1.43. The van der Waals surface area contributed by atoms with Gasteiger partial charge < -0.3 is 10.6 Å². The molecule has 0 bridgehead atoms. The first kappa shape index (κ1) is 16.1. The van der Waals surface area contributed by atoms with E-state index in [9.17, 15) is 4.79 Å². The fourth-order valence-electron chi connectivity index (χ4n) is 4.69. The van der Waals surface area contributed by atoms with E-state index in [0.29, 0.717) is 18.5 Å². The number of nitrogens with zero attached hydrogens (tertiary/aromatic N) is 2. The van der Waals surface area contributed by atoms with Crippen molar-refractivity contribution in [1.82, 2.24) is 20.4 Å². The molecule has 1 saturated heterocycles. The normalized spacial score (nSPS) is 34.1. The van der Waals surface area contributed by atoms with Gasteiger partial charge in [-0.1, -0.05) is 12.8 Å². The van der Waals surface area contributed by atoms with Crippen molar-refractivity contribution in [3.8, 4) is 0 Å². The van der Waals surface area contributed by atoms with Crippen molar-refractivity contribution in [2.75, 3.05) is 0 Å². The van der Waals surface area contributed by atoms with Gasteiger partial charge in [0.15, 0.2) is 0 Å². The zero-order valence-corrected chi connectivity index (χ0v) is 14.7. The lowest BCUT2D eigenvalue weighted by atomic mass is 9.81. The Bertz CT molecular complexity index is 580. The molecular formula is C19H30N4O. The quantitative estimate of drug-likeness (QED) is 0.873. The second-order valence-electron chi connectivity index (χ2n) is 7.95. The Morgan fingerprint density at radius 1 is 1.25 bits per heavy atom. The third kappa shape index (κ3) is 3.51. The third-order valence-electron chi connectivity index (χ3n) is 6.19. The zero-order valence-electron chi connectivity index (χ0n) is 14.7. The predicted molar refractivity (Wildman–Crippen MR) is 93.4 cm³/mol. The van der Waals surface area contributed by atoms with Crippen LogP contribution in [0.4, 0.5) is 0 Å². The van der Waals surface area contributed by atoms with Crippen molar-refractivity contribution < 1.29 is 4.79 Å². The fraction of sp³-hybridized carbons (Fsp3) is 0.789. The Hall–Kier alpha value is -1.36. The van der Waals surface area contributed by atoms with E-state index in [0.717, 1.165) is 30.4 Å². The molecule has 4 rings (SSSR count). The van der Waals surface area contributed by atoms with Gasteiger partial charge in [-0.3, -0.25) is 9.48 Å². The number of carbonyl (C=O) groups excluding carboxylic acids is 1. The van der Waals surface area contributed by atoms with Crippen LogP contribution in [0.5, 0.6) is 0 Å². The highest BCUT2D eigenvalue weighted by Gasteiger charge is 2.37. The molecule has 2 saturated carbocycles. The summed E-state index contributed by atoms with van der Waals surface area (Å²) in [6, 6.07) is 1.01. The molecule has 0 radical (unpaired) electrons. The fourth-order valence-corrected chi connectivity index (χ4v) is 4.69. The van der Waals surface area contributed by atoms with Crippen LogP contribution in [0.25, 0.3) is 0 Å². The summed E-state index contributed by atoms with van der Waals surface area (Å²) in [6.07, 6.45) is 13.9. The first-order valence-corrected chi connectivity index (χ1v) is 9.80. The van der Waals surface area contributed by atoms with Crippen LogP contribution in [0.1, 0.15) is 69.9 Å². The molecule has 2 N–H and O–H groups in total. The summed E-state index contributed by atoms with van der Waals surface area (Å²) in [5.74, 6) is 2.12. The Kier molecular flexibility index (Phi) is 4.61. The molecule has 1 aromatic rings. The van der Waals surface area contributed by atoms with E-state index >= 15 is 0 Å². The standard InChI is InChI=1S/C19H30N4O/c1-2-23-12-15(11-20-23)19-17(8-9-18(24)22-19)21-16-5-3-4-14(10-16)13-6-7-13/h11-14,16-17,19,21H,2-10H2,1H3,(H,22,24)/t14-,16+,17-,19+/m1/s1. The minimum Gasteiger partial charge on any atom is -0.348 e. The number of nitrogens with one attached hydrogen (secondary N) is 2. The highest BCUT2D eigenvalue weighted by molar-refractivity contribution is 5.77. The number of hydrogen-bond acceptors (Lipinski definition) is 3. The van der Waals surface area contributed by atoms with E-state index in [1.165, 1.54) is 38.5 Å². The van der Waals surface area contributed by atoms with Gasteiger partial charge in [0.05, 0.1) is 12.2 Å². The summed E-state index contributed by atoms with van der Waals surface area (Å²) in [4.78, 5) is 11.9. The summed E-state index contributed by atoms with van der Waals surface area (Å²) in [6.45, 7) is 2.95. The molecule has 5 heteroatoms. The first-order valence-electron chi connectivity index (χ1n) is 9.80. The Labute approximate surface area is 144 Å². The second-order valence-corrected chi connectivity index (χ2v) is 7.95. The van der Waals surface area contributed by atoms with E-state index in [-0.39, 0.29) is 11.9 Å². The molecule has 0 unspecified atom stereocenters. The van der Waals surface area contributed by atoms with Gasteiger partial charge in [0.25, 0.3) is 0 Å². The van der Waals surface area contributed by atoms with Crippen LogP contribution in [0.3, 0.4) is 0 Å². The summed E-state index contributed by atoms with van der Waals surface area (Å²) in [5, 5.41) is 11.5. The Morgan fingerprint density at radius 2 is 2.12 bits per heavy atom. The van der Waals surface area contributed by atoms with Gasteiger partial charge in [-0.15, -0.1) is 0 Å². The monoisotopic (exact) mass is 330 g/mol. The van der Waals surface area contributed by atoms with Crippen LogP contribution in [0.2, 0.25) is 0 Å². The lowest BCUT2D eigenvalue weighted by Crippen LogP contribution is -2.52. The van der Waals surface area contributed by atoms with Crippen LogP contribution >= 0.6 is 0 Å². The molecule has 2 aliphatic carbocycles. The second kappa shape index (κ2) is 6.87. The predicted octanol–water partition coefficient (Wildman–Crippen LogP) is 2.78. The maximum absolute atomic E-state index is 11.9. The average Bonchev–Trinajstić information content (AvgIpc) is 3.34. The molecule has 5 nitrogen and oxygen atoms in total. The lowest BCUT2D eigenvalue weighted by molar-refractivity contribution is -0.124. The number of piperidine rings is 1. The molecule has 3 fully saturated rings. The number of carbonyl (C=O) groups is 1. The molecule has 3 aliphatic rings. The molecule has 1 amide bonds. The summed E-state index contributed by atoms with van der Waals surface area (Å²) in [7, 11) is 0. The summed E-state index contributed by atoms with van der Waals surface area (Å²) < 4.78 is 1.94. The molecule has 0 spiro atoms. The number of hydrogen-bond donors (Lipinski definition) is 2. The van der Waals surface area contributed by atoms with Crippen LogP contribution in [0.15, 0.2) is 12.4 Å². The van der Waals surface area contributed by atoms with Crippen LogP contribution in [-0.4, -0.2) is 27.8 Å². The Morgan fingerprint density at radius 3 is 2.88 bits per heavy atom. The van der Waals surface area contributed by atoms with Crippen molar-refractivity contribution in [3.63, 3.8) is 0 Å². The average molecular weight is 330 g/mol.